The van der Waals surface area contributed by atoms with Crippen LogP contribution in [0.25, 0.3) is 0 Å². The van der Waals surface area contributed by atoms with Gasteiger partial charge in [-0.15, -0.1) is 0 Å². The average Bonchev–Trinajstić information content (AvgIpc) is 2.35. The van der Waals surface area contributed by atoms with E-state index in [2.05, 4.69) is 5.32 Å². The Labute approximate surface area is 108 Å². The molecule has 100 valence electrons. The Balaban J connectivity index is 2.44. The van der Waals surface area contributed by atoms with Crippen LogP contribution in [0.2, 0.25) is 0 Å². The highest BCUT2D eigenvalue weighted by atomic mass is 16.4. The molecule has 0 radical (unpaired) electrons. The van der Waals surface area contributed by atoms with Gasteiger partial charge in [0.25, 0.3) is 0 Å². The molecule has 4 nitrogen and oxygen atoms in total. The summed E-state index contributed by atoms with van der Waals surface area (Å²) in [6.07, 6.45) is 3.87. The molecule has 1 rings (SSSR count). The fraction of sp³-hybridized carbons (Fsp3) is 0.500. The topological polar surface area (TPSA) is 69.6 Å². The van der Waals surface area contributed by atoms with Crippen molar-refractivity contribution in [3.05, 3.63) is 29.3 Å². The lowest BCUT2D eigenvalue weighted by molar-refractivity contribution is 0.0698. The maximum Gasteiger partial charge on any atom is 0.337 e. The van der Waals surface area contributed by atoms with Gasteiger partial charge in [-0.05, 0) is 31.9 Å². The van der Waals surface area contributed by atoms with Crippen molar-refractivity contribution in [2.75, 3.05) is 18.5 Å². The third kappa shape index (κ3) is 4.75. The predicted octanol–water partition coefficient (Wildman–Crippen LogP) is 2.66. The van der Waals surface area contributed by atoms with Crippen LogP contribution in [0.5, 0.6) is 0 Å². The highest BCUT2D eigenvalue weighted by Crippen LogP contribution is 2.17. The molecule has 1 aromatic rings. The van der Waals surface area contributed by atoms with E-state index in [0.717, 1.165) is 37.8 Å². The van der Waals surface area contributed by atoms with Gasteiger partial charge in [-0.25, -0.2) is 4.79 Å². The number of hydrogen-bond donors (Lipinski definition) is 3. The fourth-order valence-corrected chi connectivity index (χ4v) is 1.80. The number of anilines is 1. The number of carboxylic acid groups (broad SMARTS) is 1. The fourth-order valence-electron chi connectivity index (χ4n) is 1.80. The minimum atomic E-state index is -0.901. The van der Waals surface area contributed by atoms with E-state index >= 15 is 0 Å². The third-order valence-corrected chi connectivity index (χ3v) is 2.81. The molecule has 0 aliphatic heterocycles. The van der Waals surface area contributed by atoms with E-state index in [1.54, 1.807) is 6.07 Å². The summed E-state index contributed by atoms with van der Waals surface area (Å²) in [5, 5.41) is 20.9. The summed E-state index contributed by atoms with van der Waals surface area (Å²) in [5.41, 5.74) is 1.95. The van der Waals surface area contributed by atoms with Gasteiger partial charge in [0, 0.05) is 18.8 Å². The number of nitrogens with one attached hydrogen (secondary N) is 1. The highest BCUT2D eigenvalue weighted by molar-refractivity contribution is 5.94. The maximum absolute atomic E-state index is 11.1. The molecule has 4 heteroatoms. The summed E-state index contributed by atoms with van der Waals surface area (Å²) >= 11 is 0. The van der Waals surface area contributed by atoms with Crippen molar-refractivity contribution in [2.24, 2.45) is 0 Å². The molecule has 18 heavy (non-hydrogen) atoms. The molecule has 0 spiro atoms. The van der Waals surface area contributed by atoms with Crippen LogP contribution in [-0.4, -0.2) is 29.3 Å². The summed E-state index contributed by atoms with van der Waals surface area (Å²) in [4.78, 5) is 11.1. The summed E-state index contributed by atoms with van der Waals surface area (Å²) in [6.45, 7) is 2.88. The molecule has 1 aromatic carbocycles. The van der Waals surface area contributed by atoms with Gasteiger partial charge in [0.2, 0.25) is 0 Å². The van der Waals surface area contributed by atoms with Crippen LogP contribution < -0.4 is 5.32 Å². The summed E-state index contributed by atoms with van der Waals surface area (Å²) in [5.74, 6) is -0.901. The van der Waals surface area contributed by atoms with Crippen LogP contribution in [0.4, 0.5) is 5.69 Å². The Morgan fingerprint density at radius 2 is 1.94 bits per heavy atom. The highest BCUT2D eigenvalue weighted by Gasteiger charge is 2.09. The van der Waals surface area contributed by atoms with Crippen molar-refractivity contribution in [3.63, 3.8) is 0 Å². The minimum absolute atomic E-state index is 0.245. The molecule has 3 N–H and O–H groups in total. The average molecular weight is 251 g/mol. The smallest absolute Gasteiger partial charge is 0.337 e. The van der Waals surface area contributed by atoms with E-state index < -0.39 is 5.97 Å². The van der Waals surface area contributed by atoms with Gasteiger partial charge >= 0.3 is 5.97 Å². The van der Waals surface area contributed by atoms with Gasteiger partial charge in [-0.1, -0.05) is 24.5 Å². The van der Waals surface area contributed by atoms with E-state index in [0.29, 0.717) is 11.3 Å². The van der Waals surface area contributed by atoms with Gasteiger partial charge in [0.15, 0.2) is 0 Å². The second-order valence-electron chi connectivity index (χ2n) is 4.42. The van der Waals surface area contributed by atoms with E-state index in [-0.39, 0.29) is 6.61 Å². The van der Waals surface area contributed by atoms with Crippen LogP contribution in [0.3, 0.4) is 0 Å². The maximum atomic E-state index is 11.1. The number of aliphatic hydroxyl groups excluding tert-OH is 1. The molecule has 0 fully saturated rings. The normalized spacial score (nSPS) is 10.3. The van der Waals surface area contributed by atoms with Crippen molar-refractivity contribution in [3.8, 4) is 0 Å². The largest absolute Gasteiger partial charge is 0.478 e. The molecule has 0 aliphatic rings. The zero-order valence-electron chi connectivity index (χ0n) is 10.8. The first-order valence-electron chi connectivity index (χ1n) is 6.34. The predicted molar refractivity (Wildman–Crippen MR) is 72.2 cm³/mol. The Hall–Kier alpha value is -1.55. The van der Waals surface area contributed by atoms with Gasteiger partial charge in [-0.3, -0.25) is 0 Å². The van der Waals surface area contributed by atoms with Gasteiger partial charge in [0.05, 0.1) is 5.56 Å². The molecule has 0 aliphatic carbocycles. The van der Waals surface area contributed by atoms with Crippen molar-refractivity contribution in [1.29, 1.82) is 0 Å². The van der Waals surface area contributed by atoms with Gasteiger partial charge in [0.1, 0.15) is 0 Å². The molecule has 0 saturated heterocycles. The first kappa shape index (κ1) is 14.5. The molecular formula is C14H21NO3. The zero-order chi connectivity index (χ0) is 13.4. The number of aliphatic hydroxyl groups is 1. The van der Waals surface area contributed by atoms with Crippen LogP contribution in [0.15, 0.2) is 18.2 Å². The lowest BCUT2D eigenvalue weighted by atomic mass is 10.1. The first-order chi connectivity index (χ1) is 8.65. The van der Waals surface area contributed by atoms with Gasteiger partial charge < -0.3 is 15.5 Å². The second-order valence-corrected chi connectivity index (χ2v) is 4.42. The van der Waals surface area contributed by atoms with Crippen molar-refractivity contribution in [2.45, 2.75) is 32.6 Å². The summed E-state index contributed by atoms with van der Waals surface area (Å²) < 4.78 is 0. The van der Waals surface area contributed by atoms with E-state index in [9.17, 15) is 4.79 Å². The Bertz CT molecular complexity index is 391. The molecule has 0 unspecified atom stereocenters. The first-order valence-corrected chi connectivity index (χ1v) is 6.34. The van der Waals surface area contributed by atoms with E-state index in [1.165, 1.54) is 0 Å². The zero-order valence-corrected chi connectivity index (χ0v) is 10.8. The van der Waals surface area contributed by atoms with Crippen LogP contribution >= 0.6 is 0 Å². The molecule has 0 atom stereocenters. The minimum Gasteiger partial charge on any atom is -0.478 e. The number of aromatic carboxylic acids is 1. The summed E-state index contributed by atoms with van der Waals surface area (Å²) in [7, 11) is 0. The van der Waals surface area contributed by atoms with E-state index in [1.807, 2.05) is 19.1 Å². The van der Waals surface area contributed by atoms with Crippen molar-refractivity contribution >= 4 is 11.7 Å². The van der Waals surface area contributed by atoms with Crippen LogP contribution in [-0.2, 0) is 0 Å². The van der Waals surface area contributed by atoms with Gasteiger partial charge in [-0.2, -0.15) is 0 Å². The lowest BCUT2D eigenvalue weighted by Crippen LogP contribution is -2.08. The Morgan fingerprint density at radius 3 is 2.61 bits per heavy atom. The lowest BCUT2D eigenvalue weighted by Gasteiger charge is -2.10. The standard InChI is InChI=1S/C14H21NO3/c1-11-6-7-13(12(10-11)14(17)18)15-8-4-2-3-5-9-16/h6-7,10,15-16H,2-5,8-9H2,1H3,(H,17,18). The number of rotatable bonds is 8. The number of carboxylic acids is 1. The second kappa shape index (κ2) is 7.71. The third-order valence-electron chi connectivity index (χ3n) is 2.81. The SMILES string of the molecule is Cc1ccc(NCCCCCCO)c(C(=O)O)c1. The Kier molecular flexibility index (Phi) is 6.22. The number of hydrogen-bond acceptors (Lipinski definition) is 3. The molecule has 0 heterocycles. The molecular weight excluding hydrogens is 230 g/mol. The van der Waals surface area contributed by atoms with Crippen LogP contribution in [0.1, 0.15) is 41.6 Å². The van der Waals surface area contributed by atoms with Crippen molar-refractivity contribution < 1.29 is 15.0 Å². The Morgan fingerprint density at radius 1 is 1.22 bits per heavy atom. The van der Waals surface area contributed by atoms with Crippen molar-refractivity contribution in [1.82, 2.24) is 0 Å². The number of carbonyl (C=O) groups is 1. The number of benzene rings is 1. The molecule has 0 bridgehead atoms. The van der Waals surface area contributed by atoms with Crippen LogP contribution in [0, 0.1) is 6.92 Å². The molecule has 0 amide bonds. The number of aryl methyl sites for hydroxylation is 1. The molecule has 0 saturated carbocycles. The quantitative estimate of drug-likeness (QED) is 0.621. The number of unbranched alkanes of at least 4 members (excludes halogenated alkanes) is 3. The monoisotopic (exact) mass is 251 g/mol. The summed E-state index contributed by atoms with van der Waals surface area (Å²) in [6, 6.07) is 5.39. The molecule has 0 aromatic heterocycles. The van der Waals surface area contributed by atoms with E-state index in [4.69, 9.17) is 10.2 Å².